The van der Waals surface area contributed by atoms with E-state index in [1.54, 1.807) is 12.1 Å². The maximum Gasteiger partial charge on any atom is 0.269 e. The summed E-state index contributed by atoms with van der Waals surface area (Å²) in [6.45, 7) is 2.85. The Balaban J connectivity index is 2.02. The third kappa shape index (κ3) is 5.52. The number of rotatable bonds is 6. The highest BCUT2D eigenvalue weighted by atomic mass is 19.1. The van der Waals surface area contributed by atoms with E-state index >= 15 is 0 Å². The summed E-state index contributed by atoms with van der Waals surface area (Å²) in [5, 5.41) is 16.6. The predicted molar refractivity (Wildman–Crippen MR) is 91.1 cm³/mol. The molecule has 2 N–H and O–H groups in total. The van der Waals surface area contributed by atoms with Crippen LogP contribution in [0.25, 0.3) is 0 Å². The Kier molecular flexibility index (Phi) is 6.39. The second-order valence-electron chi connectivity index (χ2n) is 5.21. The van der Waals surface area contributed by atoms with Crippen LogP contribution in [-0.2, 0) is 13.1 Å². The van der Waals surface area contributed by atoms with Crippen molar-refractivity contribution in [3.8, 4) is 0 Å². The molecular formula is C17H18F2N4O2. The fourth-order valence-corrected chi connectivity index (χ4v) is 2.09. The minimum atomic E-state index is -0.508. The maximum absolute atomic E-state index is 13.6. The average Bonchev–Trinajstić information content (AvgIpc) is 2.60. The summed E-state index contributed by atoms with van der Waals surface area (Å²) in [5.74, 6) is -0.573. The van der Waals surface area contributed by atoms with E-state index in [2.05, 4.69) is 15.6 Å². The Hall–Kier alpha value is -3.03. The monoisotopic (exact) mass is 348 g/mol. The van der Waals surface area contributed by atoms with Gasteiger partial charge in [-0.15, -0.1) is 0 Å². The van der Waals surface area contributed by atoms with Gasteiger partial charge < -0.3 is 10.6 Å². The molecule has 0 aliphatic heterocycles. The van der Waals surface area contributed by atoms with Crippen LogP contribution in [0.5, 0.6) is 0 Å². The summed E-state index contributed by atoms with van der Waals surface area (Å²) in [7, 11) is 0. The molecule has 0 aliphatic carbocycles. The Morgan fingerprint density at radius 3 is 2.52 bits per heavy atom. The van der Waals surface area contributed by atoms with Crippen molar-refractivity contribution < 1.29 is 13.7 Å². The molecule has 0 aromatic heterocycles. The predicted octanol–water partition coefficient (Wildman–Crippen LogP) is 3.13. The molecule has 0 saturated carbocycles. The van der Waals surface area contributed by atoms with Gasteiger partial charge in [-0.1, -0.05) is 12.1 Å². The van der Waals surface area contributed by atoms with E-state index in [0.717, 1.165) is 23.8 Å². The van der Waals surface area contributed by atoms with E-state index in [0.29, 0.717) is 19.0 Å². The zero-order chi connectivity index (χ0) is 18.2. The number of non-ortho nitro benzene ring substituents is 1. The van der Waals surface area contributed by atoms with E-state index in [4.69, 9.17) is 0 Å². The van der Waals surface area contributed by atoms with Gasteiger partial charge in [0.05, 0.1) is 11.5 Å². The van der Waals surface area contributed by atoms with Gasteiger partial charge in [0, 0.05) is 30.8 Å². The number of nitrogens with one attached hydrogen (secondary N) is 2. The molecule has 0 radical (unpaired) electrons. The summed E-state index contributed by atoms with van der Waals surface area (Å²) in [6.07, 6.45) is 0. The van der Waals surface area contributed by atoms with Gasteiger partial charge >= 0.3 is 0 Å². The number of halogens is 2. The van der Waals surface area contributed by atoms with Gasteiger partial charge in [-0.3, -0.25) is 10.1 Å². The number of nitro benzene ring substituents is 1. The van der Waals surface area contributed by atoms with Crippen LogP contribution in [0.15, 0.2) is 47.5 Å². The number of hydrogen-bond donors (Lipinski definition) is 2. The largest absolute Gasteiger partial charge is 0.357 e. The number of benzene rings is 2. The van der Waals surface area contributed by atoms with Gasteiger partial charge in [-0.25, -0.2) is 13.8 Å². The second-order valence-corrected chi connectivity index (χ2v) is 5.21. The SMILES string of the molecule is CCNC(=NCc1ccc([N+](=O)[O-])cc1)NCc1cc(F)ccc1F. The first-order chi connectivity index (χ1) is 12.0. The fourth-order valence-electron chi connectivity index (χ4n) is 2.09. The summed E-state index contributed by atoms with van der Waals surface area (Å²) in [4.78, 5) is 14.5. The highest BCUT2D eigenvalue weighted by Crippen LogP contribution is 2.12. The van der Waals surface area contributed by atoms with Crippen molar-refractivity contribution in [2.45, 2.75) is 20.0 Å². The third-order valence-electron chi connectivity index (χ3n) is 3.37. The first-order valence-corrected chi connectivity index (χ1v) is 7.69. The van der Waals surface area contributed by atoms with Gasteiger partial charge in [0.1, 0.15) is 11.6 Å². The second kappa shape index (κ2) is 8.72. The van der Waals surface area contributed by atoms with Crippen molar-refractivity contribution in [3.05, 3.63) is 75.3 Å². The van der Waals surface area contributed by atoms with Gasteiger partial charge in [-0.2, -0.15) is 0 Å². The number of nitro groups is 1. The molecule has 0 bridgehead atoms. The molecule has 0 spiro atoms. The smallest absolute Gasteiger partial charge is 0.269 e. The molecule has 2 rings (SSSR count). The minimum Gasteiger partial charge on any atom is -0.357 e. The lowest BCUT2D eigenvalue weighted by Gasteiger charge is -2.12. The van der Waals surface area contributed by atoms with Crippen molar-refractivity contribution in [3.63, 3.8) is 0 Å². The lowest BCUT2D eigenvalue weighted by atomic mass is 10.2. The van der Waals surface area contributed by atoms with Crippen LogP contribution in [0.4, 0.5) is 14.5 Å². The Morgan fingerprint density at radius 2 is 1.88 bits per heavy atom. The first-order valence-electron chi connectivity index (χ1n) is 7.69. The summed E-state index contributed by atoms with van der Waals surface area (Å²) >= 11 is 0. The zero-order valence-corrected chi connectivity index (χ0v) is 13.6. The molecule has 132 valence electrons. The van der Waals surface area contributed by atoms with Crippen LogP contribution in [-0.4, -0.2) is 17.4 Å². The average molecular weight is 348 g/mol. The number of nitrogens with zero attached hydrogens (tertiary/aromatic N) is 2. The molecule has 0 aliphatic rings. The summed E-state index contributed by atoms with van der Waals surface area (Å²) in [5.41, 5.74) is 1.00. The van der Waals surface area contributed by atoms with Crippen molar-refractivity contribution in [2.75, 3.05) is 6.54 Å². The summed E-state index contributed by atoms with van der Waals surface area (Å²) in [6, 6.07) is 9.33. The van der Waals surface area contributed by atoms with Crippen LogP contribution in [0.3, 0.4) is 0 Å². The quantitative estimate of drug-likeness (QED) is 0.364. The molecule has 0 fully saturated rings. The van der Waals surface area contributed by atoms with Crippen LogP contribution < -0.4 is 10.6 Å². The van der Waals surface area contributed by atoms with Crippen LogP contribution in [0, 0.1) is 21.7 Å². The molecule has 2 aromatic rings. The molecule has 8 heteroatoms. The Labute approximate surface area is 143 Å². The van der Waals surface area contributed by atoms with Gasteiger partial charge in [0.25, 0.3) is 5.69 Å². The molecule has 0 saturated heterocycles. The van der Waals surface area contributed by atoms with Gasteiger partial charge in [0.2, 0.25) is 0 Å². The van der Waals surface area contributed by atoms with Crippen molar-refractivity contribution in [1.29, 1.82) is 0 Å². The number of aliphatic imine (C=N–C) groups is 1. The maximum atomic E-state index is 13.6. The van der Waals surface area contributed by atoms with E-state index in [-0.39, 0.29) is 17.8 Å². The first kappa shape index (κ1) is 18.3. The van der Waals surface area contributed by atoms with Crippen molar-refractivity contribution in [2.24, 2.45) is 4.99 Å². The Bertz CT molecular complexity index is 764. The fraction of sp³-hybridized carbons (Fsp3) is 0.235. The normalized spacial score (nSPS) is 11.2. The van der Waals surface area contributed by atoms with E-state index in [9.17, 15) is 18.9 Å². The standard InChI is InChI=1S/C17H18F2N4O2/c1-2-20-17(22-11-13-9-14(18)5-8-16(13)19)21-10-12-3-6-15(7-4-12)23(24)25/h3-9H,2,10-11H2,1H3,(H2,20,21,22). The van der Waals surface area contributed by atoms with E-state index in [1.807, 2.05) is 6.92 Å². The molecule has 0 unspecified atom stereocenters. The molecule has 0 atom stereocenters. The third-order valence-corrected chi connectivity index (χ3v) is 3.37. The van der Waals surface area contributed by atoms with Gasteiger partial charge in [0.15, 0.2) is 5.96 Å². The van der Waals surface area contributed by atoms with Crippen LogP contribution in [0.1, 0.15) is 18.1 Å². The molecule has 0 amide bonds. The Morgan fingerprint density at radius 1 is 1.16 bits per heavy atom. The van der Waals surface area contributed by atoms with E-state index < -0.39 is 16.6 Å². The highest BCUT2D eigenvalue weighted by molar-refractivity contribution is 5.79. The van der Waals surface area contributed by atoms with Crippen molar-refractivity contribution >= 4 is 11.6 Å². The van der Waals surface area contributed by atoms with Crippen LogP contribution >= 0.6 is 0 Å². The van der Waals surface area contributed by atoms with Crippen molar-refractivity contribution in [1.82, 2.24) is 10.6 Å². The molecule has 0 heterocycles. The lowest BCUT2D eigenvalue weighted by molar-refractivity contribution is -0.384. The topological polar surface area (TPSA) is 79.6 Å². The lowest BCUT2D eigenvalue weighted by Crippen LogP contribution is -2.37. The minimum absolute atomic E-state index is 0.0133. The molecule has 2 aromatic carbocycles. The van der Waals surface area contributed by atoms with Gasteiger partial charge in [-0.05, 0) is 30.7 Å². The number of hydrogen-bond acceptors (Lipinski definition) is 3. The zero-order valence-electron chi connectivity index (χ0n) is 13.6. The van der Waals surface area contributed by atoms with E-state index in [1.165, 1.54) is 12.1 Å². The molecule has 6 nitrogen and oxygen atoms in total. The molecular weight excluding hydrogens is 330 g/mol. The summed E-state index contributed by atoms with van der Waals surface area (Å²) < 4.78 is 26.8. The highest BCUT2D eigenvalue weighted by Gasteiger charge is 2.06. The van der Waals surface area contributed by atoms with Crippen LogP contribution in [0.2, 0.25) is 0 Å². The number of guanidine groups is 1. The molecule has 25 heavy (non-hydrogen) atoms.